The molecule has 0 aliphatic carbocycles. The highest BCUT2D eigenvalue weighted by atomic mass is 16.5. The highest BCUT2D eigenvalue weighted by Gasteiger charge is 2.28. The van der Waals surface area contributed by atoms with Crippen molar-refractivity contribution in [2.24, 2.45) is 0 Å². The first-order valence-electron chi connectivity index (χ1n) is 13.5. The highest BCUT2D eigenvalue weighted by molar-refractivity contribution is 5.97. The number of terminal acetylenes is 1. The Morgan fingerprint density at radius 3 is 2.74 bits per heavy atom. The maximum absolute atomic E-state index is 12.5. The van der Waals surface area contributed by atoms with Gasteiger partial charge in [-0.2, -0.15) is 10.2 Å². The van der Waals surface area contributed by atoms with Gasteiger partial charge in [0, 0.05) is 24.7 Å². The lowest BCUT2D eigenvalue weighted by molar-refractivity contribution is -0.117. The van der Waals surface area contributed by atoms with Crippen molar-refractivity contribution in [3.8, 4) is 23.9 Å². The number of likely N-dealkylation sites (tertiary alicyclic amines) is 1. The molecule has 2 aliphatic heterocycles. The van der Waals surface area contributed by atoms with Gasteiger partial charge >= 0.3 is 0 Å². The van der Waals surface area contributed by atoms with Gasteiger partial charge in [0.15, 0.2) is 17.4 Å². The number of ketones is 1. The molecule has 6 rings (SSSR count). The number of fused-ring (bicyclic) bond motifs is 1. The van der Waals surface area contributed by atoms with Gasteiger partial charge in [0.05, 0.1) is 41.5 Å². The zero-order valence-electron chi connectivity index (χ0n) is 23.5. The minimum absolute atomic E-state index is 0.132. The Bertz CT molecular complexity index is 1730. The molecule has 12 nitrogen and oxygen atoms in total. The van der Waals surface area contributed by atoms with Gasteiger partial charge in [0.1, 0.15) is 23.4 Å². The molecule has 0 spiro atoms. The van der Waals surface area contributed by atoms with Gasteiger partial charge in [-0.15, -0.1) is 11.5 Å². The van der Waals surface area contributed by atoms with Crippen molar-refractivity contribution in [2.45, 2.75) is 33.3 Å². The minimum atomic E-state index is -0.159. The van der Waals surface area contributed by atoms with E-state index < -0.39 is 0 Å². The summed E-state index contributed by atoms with van der Waals surface area (Å²) in [5, 5.41) is 19.6. The molecule has 12 heteroatoms. The summed E-state index contributed by atoms with van der Waals surface area (Å²) in [4.78, 5) is 32.4. The average molecular weight is 564 g/mol. The third-order valence-electron chi connectivity index (χ3n) is 7.25. The molecule has 3 aromatic heterocycles. The zero-order chi connectivity index (χ0) is 29.4. The van der Waals surface area contributed by atoms with E-state index in [9.17, 15) is 9.59 Å². The molecule has 2 aliphatic rings. The van der Waals surface area contributed by atoms with E-state index in [1.807, 2.05) is 49.1 Å². The molecule has 0 saturated carbocycles. The fraction of sp³-hybridized carbons (Fsp3) is 0.267. The Hall–Kier alpha value is -5.44. The SMILES string of the molecule is C#Cc1cc(C)n(-c2nc(N3CNc4cc(Nc5ccc(C)nn5)c(OC5CCN(C=O)C5)cc43)ccc2C(C)=O)n1. The Morgan fingerprint density at radius 2 is 2.05 bits per heavy atom. The van der Waals surface area contributed by atoms with E-state index in [-0.39, 0.29) is 11.9 Å². The van der Waals surface area contributed by atoms with Gasteiger partial charge in [-0.3, -0.25) is 9.59 Å². The van der Waals surface area contributed by atoms with Crippen LogP contribution < -0.4 is 20.3 Å². The predicted octanol–water partition coefficient (Wildman–Crippen LogP) is 3.73. The number of amides is 1. The number of aromatic nitrogens is 5. The van der Waals surface area contributed by atoms with E-state index in [0.29, 0.717) is 59.9 Å². The van der Waals surface area contributed by atoms with Crippen molar-refractivity contribution in [3.05, 3.63) is 65.1 Å². The number of nitrogens with zero attached hydrogens (tertiary/aromatic N) is 7. The van der Waals surface area contributed by atoms with Gasteiger partial charge in [0.25, 0.3) is 0 Å². The van der Waals surface area contributed by atoms with Crippen molar-refractivity contribution in [3.63, 3.8) is 0 Å². The van der Waals surface area contributed by atoms with Crippen LogP contribution >= 0.6 is 0 Å². The van der Waals surface area contributed by atoms with E-state index in [0.717, 1.165) is 35.6 Å². The van der Waals surface area contributed by atoms with E-state index in [4.69, 9.17) is 16.1 Å². The number of aryl methyl sites for hydroxylation is 2. The predicted molar refractivity (Wildman–Crippen MR) is 158 cm³/mol. The number of benzene rings is 1. The van der Waals surface area contributed by atoms with E-state index in [1.54, 1.807) is 21.7 Å². The van der Waals surface area contributed by atoms with Crippen molar-refractivity contribution in [2.75, 3.05) is 35.3 Å². The Balaban J connectivity index is 1.39. The maximum Gasteiger partial charge on any atom is 0.209 e. The van der Waals surface area contributed by atoms with Gasteiger partial charge in [0.2, 0.25) is 6.41 Å². The molecule has 1 aromatic carbocycles. The van der Waals surface area contributed by atoms with Crippen molar-refractivity contribution >= 4 is 40.9 Å². The number of anilines is 5. The van der Waals surface area contributed by atoms with Crippen molar-refractivity contribution < 1.29 is 14.3 Å². The normalized spacial score (nSPS) is 15.6. The van der Waals surface area contributed by atoms with Gasteiger partial charge in [-0.25, -0.2) is 9.67 Å². The van der Waals surface area contributed by atoms with Crippen LogP contribution in [0.5, 0.6) is 5.75 Å². The molecule has 2 N–H and O–H groups in total. The molecule has 1 saturated heterocycles. The summed E-state index contributed by atoms with van der Waals surface area (Å²) in [5.74, 6) is 4.60. The summed E-state index contributed by atoms with van der Waals surface area (Å²) in [7, 11) is 0. The van der Waals surface area contributed by atoms with Crippen LogP contribution in [0.3, 0.4) is 0 Å². The lowest BCUT2D eigenvalue weighted by Crippen LogP contribution is -2.24. The molecule has 0 bridgehead atoms. The molecule has 1 unspecified atom stereocenters. The minimum Gasteiger partial charge on any atom is -0.486 e. The number of pyridine rings is 1. The topological polar surface area (TPSA) is 130 Å². The van der Waals surface area contributed by atoms with E-state index in [1.165, 1.54) is 6.92 Å². The fourth-order valence-corrected chi connectivity index (χ4v) is 5.10. The molecule has 5 heterocycles. The second kappa shape index (κ2) is 10.9. The third-order valence-corrected chi connectivity index (χ3v) is 7.25. The first kappa shape index (κ1) is 26.8. The highest BCUT2D eigenvalue weighted by Crippen LogP contribution is 2.44. The molecular formula is C30H29N9O3. The molecular weight excluding hydrogens is 534 g/mol. The summed E-state index contributed by atoms with van der Waals surface area (Å²) in [5.41, 5.74) is 4.88. The molecule has 4 aromatic rings. The second-order valence-corrected chi connectivity index (χ2v) is 10.3. The summed E-state index contributed by atoms with van der Waals surface area (Å²) in [6, 6.07) is 13.0. The molecule has 212 valence electrons. The number of hydrogen-bond acceptors (Lipinski definition) is 10. The van der Waals surface area contributed by atoms with Crippen LogP contribution in [-0.2, 0) is 4.79 Å². The summed E-state index contributed by atoms with van der Waals surface area (Å²) < 4.78 is 8.05. The van der Waals surface area contributed by atoms with E-state index in [2.05, 4.69) is 31.9 Å². The van der Waals surface area contributed by atoms with Crippen LogP contribution in [0.15, 0.2) is 42.5 Å². The zero-order valence-corrected chi connectivity index (χ0v) is 23.5. The number of carbonyl (C=O) groups excluding carboxylic acids is 2. The van der Waals surface area contributed by atoms with Gasteiger partial charge < -0.3 is 25.2 Å². The Morgan fingerprint density at radius 1 is 1.19 bits per heavy atom. The quantitative estimate of drug-likeness (QED) is 0.186. The number of hydrogen-bond donors (Lipinski definition) is 2. The van der Waals surface area contributed by atoms with Crippen LogP contribution in [0.2, 0.25) is 0 Å². The third kappa shape index (κ3) is 5.08. The average Bonchev–Trinajstić information content (AvgIpc) is 3.72. The van der Waals surface area contributed by atoms with Crippen LogP contribution in [0.1, 0.15) is 40.8 Å². The first-order valence-corrected chi connectivity index (χ1v) is 13.5. The number of carbonyl (C=O) groups is 2. The Kier molecular flexibility index (Phi) is 6.92. The second-order valence-electron chi connectivity index (χ2n) is 10.3. The lowest BCUT2D eigenvalue weighted by Gasteiger charge is -2.22. The lowest BCUT2D eigenvalue weighted by atomic mass is 10.1. The molecule has 1 fully saturated rings. The number of rotatable bonds is 8. The maximum atomic E-state index is 12.5. The van der Waals surface area contributed by atoms with Crippen LogP contribution in [-0.4, -0.2) is 67.9 Å². The molecule has 42 heavy (non-hydrogen) atoms. The number of nitrogens with one attached hydrogen (secondary N) is 2. The number of Topliss-reactive ketones (excluding diaryl/α,β-unsaturated/α-hetero) is 1. The van der Waals surface area contributed by atoms with Gasteiger partial charge in [-0.1, -0.05) is 0 Å². The Labute approximate surface area is 242 Å². The largest absolute Gasteiger partial charge is 0.486 e. The smallest absolute Gasteiger partial charge is 0.209 e. The van der Waals surface area contributed by atoms with Crippen LogP contribution in [0.25, 0.3) is 5.82 Å². The monoisotopic (exact) mass is 563 g/mol. The molecule has 1 amide bonds. The fourth-order valence-electron chi connectivity index (χ4n) is 5.10. The number of ether oxygens (including phenoxy) is 1. The van der Waals surface area contributed by atoms with Crippen molar-refractivity contribution in [1.29, 1.82) is 0 Å². The van der Waals surface area contributed by atoms with Crippen LogP contribution in [0, 0.1) is 26.2 Å². The van der Waals surface area contributed by atoms with Gasteiger partial charge in [-0.05, 0) is 63.1 Å². The van der Waals surface area contributed by atoms with Crippen LogP contribution in [0.4, 0.5) is 28.7 Å². The van der Waals surface area contributed by atoms with Crippen molar-refractivity contribution in [1.82, 2.24) is 29.9 Å². The molecule has 0 radical (unpaired) electrons. The standard InChI is InChI=1S/C30H29N9O3/c1-5-21-12-19(3)39(36-21)30-23(20(4)41)7-9-29(33-30)38-16-31-24-13-25(32-28-8-6-18(2)34-35-28)27(14-26(24)38)42-22-10-11-37(15-22)17-40/h1,6-9,12-14,17,22,31H,10-11,15-16H2,2-4H3,(H,32,35). The summed E-state index contributed by atoms with van der Waals surface area (Å²) in [6.45, 7) is 6.82. The first-order chi connectivity index (χ1) is 20.3. The van der Waals surface area contributed by atoms with E-state index >= 15 is 0 Å². The summed E-state index contributed by atoms with van der Waals surface area (Å²) >= 11 is 0. The molecule has 1 atom stereocenters. The summed E-state index contributed by atoms with van der Waals surface area (Å²) in [6.07, 6.45) is 6.99.